The molecule has 0 N–H and O–H groups in total. The van der Waals surface area contributed by atoms with Crippen molar-refractivity contribution in [2.45, 2.75) is 6.92 Å². The molecule has 0 amide bonds. The van der Waals surface area contributed by atoms with E-state index in [0.29, 0.717) is 17.5 Å². The molecule has 0 fully saturated rings. The van der Waals surface area contributed by atoms with Gasteiger partial charge in [-0.1, -0.05) is 140 Å². The van der Waals surface area contributed by atoms with Gasteiger partial charge in [0.25, 0.3) is 0 Å². The van der Waals surface area contributed by atoms with Crippen molar-refractivity contribution in [1.82, 2.24) is 15.0 Å². The third kappa shape index (κ3) is 4.91. The summed E-state index contributed by atoms with van der Waals surface area (Å²) in [5.41, 5.74) is 10.4. The number of hydrogen-bond acceptors (Lipinski definition) is 4. The Bertz CT molecular complexity index is 2600. The van der Waals surface area contributed by atoms with E-state index in [2.05, 4.69) is 146 Å². The zero-order chi connectivity index (χ0) is 32.0. The molecular weight excluding hydrogens is 587 g/mol. The highest BCUT2D eigenvalue weighted by Crippen LogP contribution is 2.39. The van der Waals surface area contributed by atoms with E-state index >= 15 is 0 Å². The van der Waals surface area contributed by atoms with Gasteiger partial charge in [-0.25, -0.2) is 15.0 Å². The number of hydrogen-bond donors (Lipinski definition) is 0. The highest BCUT2D eigenvalue weighted by molar-refractivity contribution is 6.13. The van der Waals surface area contributed by atoms with Gasteiger partial charge in [-0.15, -0.1) is 0 Å². The number of furan rings is 1. The van der Waals surface area contributed by atoms with Gasteiger partial charge in [-0.3, -0.25) is 0 Å². The van der Waals surface area contributed by atoms with Crippen LogP contribution in [0.1, 0.15) is 5.56 Å². The molecule has 4 heteroatoms. The molecule has 0 radical (unpaired) electrons. The monoisotopic (exact) mass is 615 g/mol. The first-order chi connectivity index (χ1) is 23.7. The third-order valence-corrected chi connectivity index (χ3v) is 9.08. The first-order valence-electron chi connectivity index (χ1n) is 16.1. The van der Waals surface area contributed by atoms with Crippen LogP contribution < -0.4 is 0 Å². The Hall–Kier alpha value is -6.39. The Morgan fingerprint density at radius 3 is 1.67 bits per heavy atom. The summed E-state index contributed by atoms with van der Waals surface area (Å²) in [6, 6.07) is 54.5. The molecule has 0 aliphatic rings. The van der Waals surface area contributed by atoms with Crippen molar-refractivity contribution in [3.05, 3.63) is 163 Å². The normalized spacial score (nSPS) is 11.4. The average Bonchev–Trinajstić information content (AvgIpc) is 3.54. The topological polar surface area (TPSA) is 51.8 Å². The van der Waals surface area contributed by atoms with Crippen LogP contribution in [0.2, 0.25) is 0 Å². The van der Waals surface area contributed by atoms with Gasteiger partial charge >= 0.3 is 0 Å². The summed E-state index contributed by atoms with van der Waals surface area (Å²) < 4.78 is 6.21. The fourth-order valence-electron chi connectivity index (χ4n) is 6.61. The number of aromatic nitrogens is 3. The quantitative estimate of drug-likeness (QED) is 0.193. The van der Waals surface area contributed by atoms with Crippen LogP contribution in [0, 0.1) is 6.92 Å². The van der Waals surface area contributed by atoms with Crippen molar-refractivity contribution in [3.8, 4) is 56.4 Å². The SMILES string of the molecule is Cc1ccc2oc3ccccc3c2c1-c1ccc(-c2nc(-c3ccc(-c4ccccc4)cc3)nc(-c3ccc4ccccc4c3)n2)cc1. The van der Waals surface area contributed by atoms with Crippen LogP contribution in [0.15, 0.2) is 162 Å². The summed E-state index contributed by atoms with van der Waals surface area (Å²) in [5.74, 6) is 1.91. The lowest BCUT2D eigenvalue weighted by Crippen LogP contribution is -2.00. The Kier molecular flexibility index (Phi) is 6.65. The molecule has 2 aromatic heterocycles. The fraction of sp³-hybridized carbons (Fsp3) is 0.0227. The highest BCUT2D eigenvalue weighted by Gasteiger charge is 2.17. The van der Waals surface area contributed by atoms with Crippen LogP contribution in [0.4, 0.5) is 0 Å². The van der Waals surface area contributed by atoms with Gasteiger partial charge in [0.05, 0.1) is 0 Å². The van der Waals surface area contributed by atoms with Gasteiger partial charge in [0.15, 0.2) is 17.5 Å². The van der Waals surface area contributed by atoms with Crippen LogP contribution in [0.3, 0.4) is 0 Å². The zero-order valence-electron chi connectivity index (χ0n) is 26.3. The zero-order valence-corrected chi connectivity index (χ0v) is 26.3. The minimum atomic E-state index is 0.630. The Balaban J connectivity index is 1.16. The van der Waals surface area contributed by atoms with E-state index in [1.807, 2.05) is 18.2 Å². The summed E-state index contributed by atoms with van der Waals surface area (Å²) in [4.78, 5) is 15.1. The first-order valence-corrected chi connectivity index (χ1v) is 16.1. The molecule has 9 aromatic rings. The highest BCUT2D eigenvalue weighted by atomic mass is 16.3. The van der Waals surface area contributed by atoms with Crippen molar-refractivity contribution < 1.29 is 4.42 Å². The lowest BCUT2D eigenvalue weighted by Gasteiger charge is -2.11. The summed E-state index contributed by atoms with van der Waals surface area (Å²) >= 11 is 0. The minimum Gasteiger partial charge on any atom is -0.456 e. The predicted molar refractivity (Wildman–Crippen MR) is 197 cm³/mol. The molecule has 0 bridgehead atoms. The third-order valence-electron chi connectivity index (χ3n) is 9.08. The van der Waals surface area contributed by atoms with Crippen molar-refractivity contribution in [3.63, 3.8) is 0 Å². The maximum Gasteiger partial charge on any atom is 0.164 e. The molecule has 0 saturated carbocycles. The number of benzene rings is 7. The molecule has 4 nitrogen and oxygen atoms in total. The largest absolute Gasteiger partial charge is 0.456 e. The van der Waals surface area contributed by atoms with Gasteiger partial charge in [0.1, 0.15) is 11.2 Å². The van der Waals surface area contributed by atoms with Crippen molar-refractivity contribution in [1.29, 1.82) is 0 Å². The molecule has 2 heterocycles. The minimum absolute atomic E-state index is 0.630. The van der Waals surface area contributed by atoms with Crippen LogP contribution in [0.25, 0.3) is 89.1 Å². The lowest BCUT2D eigenvalue weighted by molar-refractivity contribution is 0.669. The maximum atomic E-state index is 6.21. The van der Waals surface area contributed by atoms with Crippen molar-refractivity contribution in [2.24, 2.45) is 0 Å². The lowest BCUT2D eigenvalue weighted by atomic mass is 9.94. The van der Waals surface area contributed by atoms with Gasteiger partial charge in [0, 0.05) is 27.5 Å². The standard InChI is InChI=1S/C44H29N3O/c1-28-15-26-39-41(37-13-7-8-14-38(37)48-39)40(28)32-19-23-34(24-20-32)43-45-42(33-21-16-31(17-22-33)29-9-3-2-4-10-29)46-44(47-43)36-25-18-30-11-5-6-12-35(30)27-36/h2-27H,1H3. The fourth-order valence-corrected chi connectivity index (χ4v) is 6.61. The molecule has 226 valence electrons. The van der Waals surface area contributed by atoms with Gasteiger partial charge in [-0.2, -0.15) is 0 Å². The molecule has 7 aromatic carbocycles. The van der Waals surface area contributed by atoms with Gasteiger partial charge in [-0.05, 0) is 63.7 Å². The number of aryl methyl sites for hydroxylation is 1. The van der Waals surface area contributed by atoms with E-state index in [-0.39, 0.29) is 0 Å². The molecule has 0 saturated heterocycles. The number of rotatable bonds is 5. The summed E-state index contributed by atoms with van der Waals surface area (Å²) in [7, 11) is 0. The van der Waals surface area contributed by atoms with E-state index in [4.69, 9.17) is 19.4 Å². The number of para-hydroxylation sites is 1. The maximum absolute atomic E-state index is 6.21. The van der Waals surface area contributed by atoms with Gasteiger partial charge in [0.2, 0.25) is 0 Å². The predicted octanol–water partition coefficient (Wildman–Crippen LogP) is 11.6. The molecule has 0 aliphatic carbocycles. The average molecular weight is 616 g/mol. The van der Waals surface area contributed by atoms with E-state index in [1.54, 1.807) is 0 Å². The van der Waals surface area contributed by atoms with Crippen LogP contribution in [0.5, 0.6) is 0 Å². The molecular formula is C44H29N3O. The second kappa shape index (κ2) is 11.4. The van der Waals surface area contributed by atoms with Gasteiger partial charge < -0.3 is 4.42 Å². The second-order valence-corrected chi connectivity index (χ2v) is 12.1. The smallest absolute Gasteiger partial charge is 0.164 e. The number of fused-ring (bicyclic) bond motifs is 4. The van der Waals surface area contributed by atoms with Crippen molar-refractivity contribution in [2.75, 3.05) is 0 Å². The first kappa shape index (κ1) is 27.9. The van der Waals surface area contributed by atoms with E-state index < -0.39 is 0 Å². The molecule has 0 unspecified atom stereocenters. The summed E-state index contributed by atoms with van der Waals surface area (Å²) in [6.07, 6.45) is 0. The van der Waals surface area contributed by atoms with Crippen LogP contribution >= 0.6 is 0 Å². The van der Waals surface area contributed by atoms with Crippen LogP contribution in [-0.2, 0) is 0 Å². The van der Waals surface area contributed by atoms with E-state index in [1.165, 1.54) is 22.1 Å². The molecule has 48 heavy (non-hydrogen) atoms. The van der Waals surface area contributed by atoms with E-state index in [9.17, 15) is 0 Å². The summed E-state index contributed by atoms with van der Waals surface area (Å²) in [6.45, 7) is 2.15. The Morgan fingerprint density at radius 2 is 0.938 bits per heavy atom. The Labute approximate surface area is 278 Å². The molecule has 0 spiro atoms. The second-order valence-electron chi connectivity index (χ2n) is 12.1. The number of nitrogens with zero attached hydrogens (tertiary/aromatic N) is 3. The molecule has 0 aliphatic heterocycles. The molecule has 0 atom stereocenters. The molecule has 9 rings (SSSR count). The Morgan fingerprint density at radius 1 is 0.396 bits per heavy atom. The van der Waals surface area contributed by atoms with Crippen LogP contribution in [-0.4, -0.2) is 15.0 Å². The summed E-state index contributed by atoms with van der Waals surface area (Å²) in [5, 5.41) is 4.58. The van der Waals surface area contributed by atoms with E-state index in [0.717, 1.165) is 55.1 Å². The van der Waals surface area contributed by atoms with Crippen molar-refractivity contribution >= 4 is 32.7 Å².